The molecule has 158 valence electrons. The number of carbonyl (C=O) groups excluding carboxylic acids is 1. The minimum atomic E-state index is -0.967. The van der Waals surface area contributed by atoms with Crippen LogP contribution in [-0.2, 0) is 16.1 Å². The van der Waals surface area contributed by atoms with Gasteiger partial charge in [0.05, 0.1) is 18.8 Å². The maximum atomic E-state index is 11.3. The zero-order chi connectivity index (χ0) is 21.8. The van der Waals surface area contributed by atoms with Crippen LogP contribution in [0, 0.1) is 11.8 Å². The van der Waals surface area contributed by atoms with Crippen molar-refractivity contribution in [2.24, 2.45) is 0 Å². The van der Waals surface area contributed by atoms with Gasteiger partial charge in [-0.05, 0) is 35.9 Å². The Balaban J connectivity index is 0.000000735. The predicted molar refractivity (Wildman–Crippen MR) is 118 cm³/mol. The molecule has 1 aliphatic heterocycles. The number of hydrogen-bond acceptors (Lipinski definition) is 5. The van der Waals surface area contributed by atoms with Crippen molar-refractivity contribution in [2.75, 3.05) is 38.7 Å². The Kier molecular flexibility index (Phi) is 9.59. The van der Waals surface area contributed by atoms with Gasteiger partial charge in [-0.3, -0.25) is 4.90 Å². The molecule has 1 aliphatic rings. The first-order chi connectivity index (χ1) is 14.6. The number of hydrogen-bond donors (Lipinski definition) is 2. The molecule has 0 aromatic heterocycles. The van der Waals surface area contributed by atoms with E-state index in [1.165, 1.54) is 5.56 Å². The molecule has 2 aromatic carbocycles. The van der Waals surface area contributed by atoms with Gasteiger partial charge in [0, 0.05) is 49.9 Å². The van der Waals surface area contributed by atoms with Crippen LogP contribution in [0.4, 0.5) is 5.69 Å². The highest BCUT2D eigenvalue weighted by atomic mass is 16.5. The van der Waals surface area contributed by atoms with Crippen LogP contribution < -0.4 is 5.32 Å². The fourth-order valence-corrected chi connectivity index (χ4v) is 2.87. The van der Waals surface area contributed by atoms with Crippen LogP contribution in [0.5, 0.6) is 0 Å². The summed E-state index contributed by atoms with van der Waals surface area (Å²) in [7, 11) is 1.70. The van der Waals surface area contributed by atoms with Crippen molar-refractivity contribution in [1.29, 1.82) is 0 Å². The van der Waals surface area contributed by atoms with Gasteiger partial charge in [0.1, 0.15) is 6.29 Å². The van der Waals surface area contributed by atoms with Gasteiger partial charge in [0.2, 0.25) is 0 Å². The summed E-state index contributed by atoms with van der Waals surface area (Å²) in [6.45, 7) is 6.27. The number of morpholine rings is 1. The molecule has 0 amide bonds. The number of aldehydes is 1. The molecule has 1 fully saturated rings. The number of carbonyl (C=O) groups is 2. The Morgan fingerprint density at radius 2 is 1.73 bits per heavy atom. The van der Waals surface area contributed by atoms with Crippen molar-refractivity contribution < 1.29 is 19.4 Å². The summed E-state index contributed by atoms with van der Waals surface area (Å²) < 4.78 is 5.37. The minimum Gasteiger partial charge on any atom is -0.478 e. The molecule has 30 heavy (non-hydrogen) atoms. The van der Waals surface area contributed by atoms with Gasteiger partial charge < -0.3 is 20.0 Å². The van der Waals surface area contributed by atoms with E-state index in [0.717, 1.165) is 44.7 Å². The maximum Gasteiger partial charge on any atom is 0.337 e. The van der Waals surface area contributed by atoms with Crippen molar-refractivity contribution in [3.8, 4) is 11.8 Å². The van der Waals surface area contributed by atoms with E-state index in [9.17, 15) is 14.7 Å². The molecule has 0 spiro atoms. The number of ether oxygens (including phenoxy) is 1. The molecule has 2 N–H and O–H groups in total. The highest BCUT2D eigenvalue weighted by molar-refractivity contribution is 5.94. The Morgan fingerprint density at radius 3 is 2.30 bits per heavy atom. The largest absolute Gasteiger partial charge is 0.478 e. The van der Waals surface area contributed by atoms with Crippen LogP contribution in [0.25, 0.3) is 0 Å². The first kappa shape index (κ1) is 23.1. The average molecular weight is 408 g/mol. The standard InChI is InChI=1S/C21H22N2O3.C3H6O/c1-22-20-9-8-17(14-19(20)21(24)25)5-2-16-3-6-18(7-4-16)15-23-10-12-26-13-11-23;1-2-3-4/h3-4,6-9,14,22H,10-13,15H2,1H3,(H,24,25);3H,2H2,1H3. The summed E-state index contributed by atoms with van der Waals surface area (Å²) in [6.07, 6.45) is 1.51. The lowest BCUT2D eigenvalue weighted by molar-refractivity contribution is -0.107. The molecule has 0 aliphatic carbocycles. The summed E-state index contributed by atoms with van der Waals surface area (Å²) in [5.41, 5.74) is 3.64. The summed E-state index contributed by atoms with van der Waals surface area (Å²) >= 11 is 0. The van der Waals surface area contributed by atoms with Crippen molar-refractivity contribution in [2.45, 2.75) is 19.9 Å². The predicted octanol–water partition coefficient (Wildman–Crippen LogP) is 3.25. The van der Waals surface area contributed by atoms with Crippen molar-refractivity contribution in [3.05, 3.63) is 64.7 Å². The Morgan fingerprint density at radius 1 is 1.13 bits per heavy atom. The number of aromatic carboxylic acids is 1. The minimum absolute atomic E-state index is 0.222. The second-order valence-electron chi connectivity index (χ2n) is 6.73. The molecular formula is C24H28N2O4. The molecule has 0 radical (unpaired) electrons. The molecule has 1 heterocycles. The number of carboxylic acid groups (broad SMARTS) is 1. The molecule has 0 atom stereocenters. The molecule has 6 heteroatoms. The second kappa shape index (κ2) is 12.4. The Hall–Kier alpha value is -3.14. The normalized spacial score (nSPS) is 13.3. The average Bonchev–Trinajstić information content (AvgIpc) is 2.79. The molecule has 2 aromatic rings. The third-order valence-corrected chi connectivity index (χ3v) is 4.50. The third kappa shape index (κ3) is 7.36. The van der Waals surface area contributed by atoms with Crippen LogP contribution in [0.1, 0.15) is 40.4 Å². The van der Waals surface area contributed by atoms with E-state index in [2.05, 4.69) is 34.2 Å². The van der Waals surface area contributed by atoms with Gasteiger partial charge in [-0.25, -0.2) is 4.79 Å². The highest BCUT2D eigenvalue weighted by Crippen LogP contribution is 2.17. The number of anilines is 1. The number of nitrogens with one attached hydrogen (secondary N) is 1. The molecule has 1 saturated heterocycles. The summed E-state index contributed by atoms with van der Waals surface area (Å²) in [6, 6.07) is 13.3. The van der Waals surface area contributed by atoms with Gasteiger partial charge in [-0.2, -0.15) is 0 Å². The lowest BCUT2D eigenvalue weighted by atomic mass is 10.1. The van der Waals surface area contributed by atoms with E-state index in [1.54, 1.807) is 19.2 Å². The third-order valence-electron chi connectivity index (χ3n) is 4.50. The number of benzene rings is 2. The van der Waals surface area contributed by atoms with Crippen molar-refractivity contribution in [3.63, 3.8) is 0 Å². The van der Waals surface area contributed by atoms with Crippen LogP contribution in [0.3, 0.4) is 0 Å². The van der Waals surface area contributed by atoms with Gasteiger partial charge in [0.15, 0.2) is 0 Å². The summed E-state index contributed by atoms with van der Waals surface area (Å²) in [5.74, 6) is 5.17. The summed E-state index contributed by atoms with van der Waals surface area (Å²) in [4.78, 5) is 22.9. The van der Waals surface area contributed by atoms with Gasteiger partial charge in [-0.1, -0.05) is 30.9 Å². The maximum absolute atomic E-state index is 11.3. The highest BCUT2D eigenvalue weighted by Gasteiger charge is 2.10. The second-order valence-corrected chi connectivity index (χ2v) is 6.73. The van der Waals surface area contributed by atoms with E-state index in [0.29, 0.717) is 17.7 Å². The SMILES string of the molecule is CCC=O.CNc1ccc(C#Cc2ccc(CN3CCOCC3)cc2)cc1C(=O)O. The monoisotopic (exact) mass is 408 g/mol. The van der Waals surface area contributed by atoms with E-state index in [4.69, 9.17) is 4.74 Å². The molecule has 0 saturated carbocycles. The van der Waals surface area contributed by atoms with Crippen molar-refractivity contribution in [1.82, 2.24) is 4.90 Å². The van der Waals surface area contributed by atoms with Crippen LogP contribution in [0.2, 0.25) is 0 Å². The van der Waals surface area contributed by atoms with Crippen LogP contribution >= 0.6 is 0 Å². The zero-order valence-electron chi connectivity index (χ0n) is 17.5. The fourth-order valence-electron chi connectivity index (χ4n) is 2.87. The lowest BCUT2D eigenvalue weighted by Gasteiger charge is -2.26. The first-order valence-corrected chi connectivity index (χ1v) is 9.97. The van der Waals surface area contributed by atoms with E-state index >= 15 is 0 Å². The quantitative estimate of drug-likeness (QED) is 0.584. The summed E-state index contributed by atoms with van der Waals surface area (Å²) in [5, 5.41) is 12.1. The Labute approximate surface area is 177 Å². The molecule has 3 rings (SSSR count). The molecular weight excluding hydrogens is 380 g/mol. The van der Waals surface area contributed by atoms with E-state index in [1.807, 2.05) is 25.1 Å². The van der Waals surface area contributed by atoms with Crippen LogP contribution in [-0.4, -0.2) is 55.6 Å². The number of rotatable bonds is 5. The zero-order valence-corrected chi connectivity index (χ0v) is 17.5. The Bertz CT molecular complexity index is 892. The van der Waals surface area contributed by atoms with Crippen molar-refractivity contribution >= 4 is 17.9 Å². The van der Waals surface area contributed by atoms with Gasteiger partial charge in [0.25, 0.3) is 0 Å². The smallest absolute Gasteiger partial charge is 0.337 e. The van der Waals surface area contributed by atoms with E-state index in [-0.39, 0.29) is 5.56 Å². The van der Waals surface area contributed by atoms with Gasteiger partial charge >= 0.3 is 5.97 Å². The molecule has 0 bridgehead atoms. The number of nitrogens with zero attached hydrogens (tertiary/aromatic N) is 1. The lowest BCUT2D eigenvalue weighted by Crippen LogP contribution is -2.35. The molecule has 0 unspecified atom stereocenters. The fraction of sp³-hybridized carbons (Fsp3) is 0.333. The van der Waals surface area contributed by atoms with Crippen LogP contribution in [0.15, 0.2) is 42.5 Å². The topological polar surface area (TPSA) is 78.9 Å². The molecule has 6 nitrogen and oxygen atoms in total. The van der Waals surface area contributed by atoms with E-state index < -0.39 is 5.97 Å². The number of carboxylic acids is 1. The van der Waals surface area contributed by atoms with Gasteiger partial charge in [-0.15, -0.1) is 0 Å². The first-order valence-electron chi connectivity index (χ1n) is 9.97.